The molecule has 0 aromatic carbocycles. The molecule has 0 spiro atoms. The molecule has 86 valence electrons. The lowest BCUT2D eigenvalue weighted by atomic mass is 9.96. The third-order valence-electron chi connectivity index (χ3n) is 2.09. The molecule has 0 fully saturated rings. The summed E-state index contributed by atoms with van der Waals surface area (Å²) in [6.45, 7) is 7.20. The summed E-state index contributed by atoms with van der Waals surface area (Å²) in [6.07, 6.45) is 0. The maximum absolute atomic E-state index is 4.48. The molecule has 2 rings (SSSR count). The molecule has 0 saturated heterocycles. The van der Waals surface area contributed by atoms with Gasteiger partial charge in [-0.1, -0.05) is 26.8 Å². The Kier molecular flexibility index (Phi) is 3.25. The molecule has 5 heteroatoms. The Morgan fingerprint density at radius 2 is 2.19 bits per heavy atom. The molecule has 1 N–H and O–H groups in total. The van der Waals surface area contributed by atoms with E-state index < -0.39 is 0 Å². The standard InChI is InChI=1S/C11H15N3S2/c1-11(2,3)9-13-10(16-14-9)12-7-8-5-4-6-15-8/h4-6H,7H2,1-3H3,(H,12,13,14). The second-order valence-corrected chi connectivity index (χ2v) is 6.39. The van der Waals surface area contributed by atoms with Crippen molar-refractivity contribution >= 4 is 28.0 Å². The minimum Gasteiger partial charge on any atom is -0.355 e. The van der Waals surface area contributed by atoms with Crippen LogP contribution in [-0.2, 0) is 12.0 Å². The quantitative estimate of drug-likeness (QED) is 0.909. The van der Waals surface area contributed by atoms with Crippen molar-refractivity contribution in [3.63, 3.8) is 0 Å². The molecule has 2 aromatic heterocycles. The number of hydrogen-bond acceptors (Lipinski definition) is 5. The van der Waals surface area contributed by atoms with Crippen LogP contribution in [0, 0.1) is 0 Å². The van der Waals surface area contributed by atoms with Gasteiger partial charge in [0.2, 0.25) is 5.13 Å². The number of nitrogens with one attached hydrogen (secondary N) is 1. The Morgan fingerprint density at radius 1 is 1.38 bits per heavy atom. The van der Waals surface area contributed by atoms with Crippen molar-refractivity contribution < 1.29 is 0 Å². The van der Waals surface area contributed by atoms with Crippen LogP contribution < -0.4 is 5.32 Å². The van der Waals surface area contributed by atoms with Crippen LogP contribution >= 0.6 is 22.9 Å². The summed E-state index contributed by atoms with van der Waals surface area (Å²) in [5.41, 5.74) is 0.0271. The number of thiophene rings is 1. The van der Waals surface area contributed by atoms with E-state index in [0.717, 1.165) is 17.5 Å². The zero-order valence-electron chi connectivity index (χ0n) is 9.65. The van der Waals surface area contributed by atoms with Gasteiger partial charge in [-0.05, 0) is 11.4 Å². The van der Waals surface area contributed by atoms with Crippen LogP contribution in [0.25, 0.3) is 0 Å². The van der Waals surface area contributed by atoms with E-state index in [0.29, 0.717) is 0 Å². The molecule has 0 radical (unpaired) electrons. The number of anilines is 1. The van der Waals surface area contributed by atoms with E-state index in [-0.39, 0.29) is 5.41 Å². The molecule has 2 aromatic rings. The van der Waals surface area contributed by atoms with Crippen LogP contribution in [0.2, 0.25) is 0 Å². The zero-order valence-corrected chi connectivity index (χ0v) is 11.3. The lowest BCUT2D eigenvalue weighted by Crippen LogP contribution is -2.13. The van der Waals surface area contributed by atoms with Gasteiger partial charge in [0.25, 0.3) is 0 Å². The normalized spacial score (nSPS) is 11.7. The Morgan fingerprint density at radius 3 is 2.75 bits per heavy atom. The summed E-state index contributed by atoms with van der Waals surface area (Å²) >= 11 is 3.18. The average molecular weight is 253 g/mol. The van der Waals surface area contributed by atoms with Gasteiger partial charge in [-0.25, -0.2) is 4.98 Å². The first-order valence-electron chi connectivity index (χ1n) is 5.16. The van der Waals surface area contributed by atoms with Crippen molar-refractivity contribution in [1.82, 2.24) is 9.36 Å². The average Bonchev–Trinajstić information content (AvgIpc) is 2.85. The van der Waals surface area contributed by atoms with Gasteiger partial charge >= 0.3 is 0 Å². The highest BCUT2D eigenvalue weighted by atomic mass is 32.1. The van der Waals surface area contributed by atoms with Gasteiger partial charge in [0.05, 0.1) is 6.54 Å². The largest absolute Gasteiger partial charge is 0.355 e. The van der Waals surface area contributed by atoms with Crippen molar-refractivity contribution in [2.24, 2.45) is 0 Å². The smallest absolute Gasteiger partial charge is 0.202 e. The molecule has 0 amide bonds. The topological polar surface area (TPSA) is 37.8 Å². The second-order valence-electron chi connectivity index (χ2n) is 4.61. The van der Waals surface area contributed by atoms with Crippen molar-refractivity contribution in [3.8, 4) is 0 Å². The summed E-state index contributed by atoms with van der Waals surface area (Å²) in [6, 6.07) is 4.17. The summed E-state index contributed by atoms with van der Waals surface area (Å²) in [5, 5.41) is 6.28. The molecule has 0 bridgehead atoms. The number of hydrogen-bond donors (Lipinski definition) is 1. The molecule has 0 aliphatic rings. The van der Waals surface area contributed by atoms with Crippen LogP contribution in [-0.4, -0.2) is 9.36 Å². The molecule has 2 heterocycles. The van der Waals surface area contributed by atoms with Crippen molar-refractivity contribution in [2.45, 2.75) is 32.7 Å². The molecule has 0 saturated carbocycles. The van der Waals surface area contributed by atoms with E-state index in [1.54, 1.807) is 11.3 Å². The molecule has 0 aliphatic heterocycles. The van der Waals surface area contributed by atoms with Gasteiger partial charge in [-0.2, -0.15) is 4.37 Å². The molecular formula is C11H15N3S2. The predicted molar refractivity (Wildman–Crippen MR) is 70.3 cm³/mol. The predicted octanol–water partition coefficient (Wildman–Crippen LogP) is 3.51. The minimum absolute atomic E-state index is 0.0271. The zero-order chi connectivity index (χ0) is 11.6. The lowest BCUT2D eigenvalue weighted by Gasteiger charge is -2.12. The second kappa shape index (κ2) is 4.51. The number of rotatable bonds is 3. The first-order chi connectivity index (χ1) is 7.55. The SMILES string of the molecule is CC(C)(C)c1nsc(NCc2cccs2)n1. The highest BCUT2D eigenvalue weighted by Gasteiger charge is 2.19. The van der Waals surface area contributed by atoms with E-state index in [9.17, 15) is 0 Å². The lowest BCUT2D eigenvalue weighted by molar-refractivity contribution is 0.555. The number of aromatic nitrogens is 2. The van der Waals surface area contributed by atoms with E-state index in [1.807, 2.05) is 0 Å². The van der Waals surface area contributed by atoms with Crippen molar-refractivity contribution in [3.05, 3.63) is 28.2 Å². The Labute approximate surface area is 104 Å². The summed E-state index contributed by atoms with van der Waals surface area (Å²) in [7, 11) is 0. The van der Waals surface area contributed by atoms with Crippen molar-refractivity contribution in [2.75, 3.05) is 5.32 Å². The highest BCUT2D eigenvalue weighted by Crippen LogP contribution is 2.23. The minimum atomic E-state index is 0.0271. The first kappa shape index (κ1) is 11.5. The summed E-state index contributed by atoms with van der Waals surface area (Å²) < 4.78 is 4.36. The fourth-order valence-electron chi connectivity index (χ4n) is 1.18. The molecule has 0 unspecified atom stereocenters. The fraction of sp³-hybridized carbons (Fsp3) is 0.455. The maximum atomic E-state index is 4.48. The maximum Gasteiger partial charge on any atom is 0.202 e. The van der Waals surface area contributed by atoms with Crippen LogP contribution in [0.3, 0.4) is 0 Å². The fourth-order valence-corrected chi connectivity index (χ4v) is 2.57. The van der Waals surface area contributed by atoms with Gasteiger partial charge < -0.3 is 5.32 Å². The third kappa shape index (κ3) is 2.80. The van der Waals surface area contributed by atoms with Gasteiger partial charge in [-0.3, -0.25) is 0 Å². The van der Waals surface area contributed by atoms with E-state index in [4.69, 9.17) is 0 Å². The molecule has 0 atom stereocenters. The Balaban J connectivity index is 1.98. The molecule has 3 nitrogen and oxygen atoms in total. The van der Waals surface area contributed by atoms with E-state index in [2.05, 4.69) is 53.0 Å². The summed E-state index contributed by atoms with van der Waals surface area (Å²) in [4.78, 5) is 5.79. The monoisotopic (exact) mass is 253 g/mol. The first-order valence-corrected chi connectivity index (χ1v) is 6.81. The van der Waals surface area contributed by atoms with Gasteiger partial charge in [0.1, 0.15) is 5.82 Å². The molecule has 16 heavy (non-hydrogen) atoms. The van der Waals surface area contributed by atoms with Crippen LogP contribution in [0.5, 0.6) is 0 Å². The van der Waals surface area contributed by atoms with E-state index in [1.165, 1.54) is 16.4 Å². The molecule has 0 aliphatic carbocycles. The number of nitrogens with zero attached hydrogens (tertiary/aromatic N) is 2. The van der Waals surface area contributed by atoms with Crippen molar-refractivity contribution in [1.29, 1.82) is 0 Å². The van der Waals surface area contributed by atoms with Crippen LogP contribution in [0.4, 0.5) is 5.13 Å². The highest BCUT2D eigenvalue weighted by molar-refractivity contribution is 7.10. The van der Waals surface area contributed by atoms with Crippen LogP contribution in [0.15, 0.2) is 17.5 Å². The van der Waals surface area contributed by atoms with Gasteiger partial charge in [0, 0.05) is 21.8 Å². The Hall–Kier alpha value is -0.940. The van der Waals surface area contributed by atoms with Gasteiger partial charge in [-0.15, -0.1) is 11.3 Å². The summed E-state index contributed by atoms with van der Waals surface area (Å²) in [5.74, 6) is 0.908. The third-order valence-corrected chi connectivity index (χ3v) is 3.64. The van der Waals surface area contributed by atoms with Gasteiger partial charge in [0.15, 0.2) is 0 Å². The van der Waals surface area contributed by atoms with Crippen LogP contribution in [0.1, 0.15) is 31.5 Å². The molecular weight excluding hydrogens is 238 g/mol. The van der Waals surface area contributed by atoms with E-state index >= 15 is 0 Å². The Bertz CT molecular complexity index is 440.